The number of para-hydroxylation sites is 2. The minimum absolute atomic E-state index is 0.134. The Morgan fingerprint density at radius 3 is 2.66 bits per heavy atom. The smallest absolute Gasteiger partial charge is 0.266 e. The van der Waals surface area contributed by atoms with Crippen molar-refractivity contribution in [3.63, 3.8) is 0 Å². The summed E-state index contributed by atoms with van der Waals surface area (Å²) in [6, 6.07) is 18.5. The molecule has 0 atom stereocenters. The van der Waals surface area contributed by atoms with E-state index in [1.54, 1.807) is 30.3 Å². The van der Waals surface area contributed by atoms with E-state index in [-0.39, 0.29) is 5.91 Å². The first-order valence-electron chi connectivity index (χ1n) is 8.92. The summed E-state index contributed by atoms with van der Waals surface area (Å²) >= 11 is 1.40. The monoisotopic (exact) mass is 401 g/mol. The zero-order chi connectivity index (χ0) is 19.8. The standard InChI is InChI=1S/C21H15N5O2S/c1-13-24-25-19-21(23-16-5-2-3-6-17(16)26(13)19)28-15-10-8-14(9-11-15)22-20(27)18-7-4-12-29-18/h2-12H,1H3,(H,22,27). The molecule has 0 unspecified atom stereocenters. The molecule has 1 N–H and O–H groups in total. The normalized spacial score (nSPS) is 11.1. The molecule has 0 aliphatic heterocycles. The maximum absolute atomic E-state index is 12.2. The maximum Gasteiger partial charge on any atom is 0.266 e. The molecule has 0 radical (unpaired) electrons. The first-order valence-corrected chi connectivity index (χ1v) is 9.80. The molecule has 8 heteroatoms. The van der Waals surface area contributed by atoms with Crippen LogP contribution in [0.5, 0.6) is 11.6 Å². The van der Waals surface area contributed by atoms with Crippen LogP contribution >= 0.6 is 11.3 Å². The lowest BCUT2D eigenvalue weighted by molar-refractivity contribution is 0.103. The van der Waals surface area contributed by atoms with E-state index in [0.29, 0.717) is 27.8 Å². The number of amides is 1. The number of aromatic nitrogens is 4. The number of anilines is 1. The molecule has 7 nitrogen and oxygen atoms in total. The van der Waals surface area contributed by atoms with Gasteiger partial charge in [-0.15, -0.1) is 21.5 Å². The summed E-state index contributed by atoms with van der Waals surface area (Å²) in [4.78, 5) is 17.4. The van der Waals surface area contributed by atoms with E-state index >= 15 is 0 Å². The van der Waals surface area contributed by atoms with E-state index in [1.807, 2.05) is 47.0 Å². The Kier molecular flexibility index (Phi) is 4.18. The van der Waals surface area contributed by atoms with E-state index in [2.05, 4.69) is 20.5 Å². The second-order valence-corrected chi connectivity index (χ2v) is 7.32. The summed E-state index contributed by atoms with van der Waals surface area (Å²) in [5, 5.41) is 13.1. The first-order chi connectivity index (χ1) is 14.2. The number of nitrogens with one attached hydrogen (secondary N) is 1. The van der Waals surface area contributed by atoms with Gasteiger partial charge < -0.3 is 10.1 Å². The van der Waals surface area contributed by atoms with Gasteiger partial charge in [0.05, 0.1) is 15.9 Å². The Balaban J connectivity index is 1.44. The number of nitrogens with zero attached hydrogens (tertiary/aromatic N) is 4. The molecule has 1 amide bonds. The van der Waals surface area contributed by atoms with Gasteiger partial charge in [0.15, 0.2) is 0 Å². The van der Waals surface area contributed by atoms with Gasteiger partial charge in [0.25, 0.3) is 11.8 Å². The Bertz CT molecular complexity index is 1330. The summed E-state index contributed by atoms with van der Waals surface area (Å²) in [5.74, 6) is 1.59. The van der Waals surface area contributed by atoms with Crippen LogP contribution in [0.25, 0.3) is 16.7 Å². The third kappa shape index (κ3) is 3.19. The summed E-state index contributed by atoms with van der Waals surface area (Å²) in [6.07, 6.45) is 0. The highest BCUT2D eigenvalue weighted by molar-refractivity contribution is 7.12. The van der Waals surface area contributed by atoms with Gasteiger partial charge in [-0.05, 0) is 54.8 Å². The van der Waals surface area contributed by atoms with Crippen LogP contribution in [-0.2, 0) is 0 Å². The third-order valence-electron chi connectivity index (χ3n) is 4.43. The number of carbonyl (C=O) groups is 1. The molecule has 0 aliphatic carbocycles. The van der Waals surface area contributed by atoms with Gasteiger partial charge in [0.2, 0.25) is 5.65 Å². The first kappa shape index (κ1) is 17.3. The van der Waals surface area contributed by atoms with Gasteiger partial charge in [0, 0.05) is 5.69 Å². The lowest BCUT2D eigenvalue weighted by atomic mass is 10.3. The van der Waals surface area contributed by atoms with E-state index in [9.17, 15) is 4.79 Å². The fourth-order valence-electron chi connectivity index (χ4n) is 3.08. The highest BCUT2D eigenvalue weighted by Crippen LogP contribution is 2.28. The van der Waals surface area contributed by atoms with Crippen LogP contribution in [0, 0.1) is 6.92 Å². The molecule has 3 heterocycles. The number of benzene rings is 2. The lowest BCUT2D eigenvalue weighted by Gasteiger charge is -2.09. The number of thiophene rings is 1. The number of aryl methyl sites for hydroxylation is 1. The van der Waals surface area contributed by atoms with Crippen molar-refractivity contribution in [2.75, 3.05) is 5.32 Å². The van der Waals surface area contributed by atoms with Crippen molar-refractivity contribution in [3.8, 4) is 11.6 Å². The number of rotatable bonds is 4. The van der Waals surface area contributed by atoms with E-state index < -0.39 is 0 Å². The van der Waals surface area contributed by atoms with Crippen molar-refractivity contribution in [1.82, 2.24) is 19.6 Å². The minimum atomic E-state index is -0.134. The summed E-state index contributed by atoms with van der Waals surface area (Å²) in [6.45, 7) is 1.89. The largest absolute Gasteiger partial charge is 0.436 e. The molecule has 0 spiro atoms. The lowest BCUT2D eigenvalue weighted by Crippen LogP contribution is -2.09. The molecule has 0 aliphatic rings. The number of ether oxygens (including phenoxy) is 1. The van der Waals surface area contributed by atoms with Gasteiger partial charge in [-0.1, -0.05) is 18.2 Å². The number of carbonyl (C=O) groups excluding carboxylic acids is 1. The van der Waals surface area contributed by atoms with Gasteiger partial charge in [-0.2, -0.15) is 0 Å². The second-order valence-electron chi connectivity index (χ2n) is 6.37. The highest BCUT2D eigenvalue weighted by Gasteiger charge is 2.15. The Hall–Kier alpha value is -3.78. The van der Waals surface area contributed by atoms with E-state index in [4.69, 9.17) is 4.74 Å². The molecule has 2 aromatic carbocycles. The van der Waals surface area contributed by atoms with Crippen molar-refractivity contribution in [2.45, 2.75) is 6.92 Å². The fourth-order valence-corrected chi connectivity index (χ4v) is 3.70. The average Bonchev–Trinajstić information content (AvgIpc) is 3.40. The van der Waals surface area contributed by atoms with Crippen LogP contribution in [0.15, 0.2) is 66.0 Å². The zero-order valence-corrected chi connectivity index (χ0v) is 16.2. The molecule has 0 bridgehead atoms. The summed E-state index contributed by atoms with van der Waals surface area (Å²) < 4.78 is 7.92. The SMILES string of the molecule is Cc1nnc2c(Oc3ccc(NC(=O)c4cccs4)cc3)nc3ccccc3n12. The molecular weight excluding hydrogens is 386 g/mol. The van der Waals surface area contributed by atoms with Crippen LogP contribution in [0.4, 0.5) is 5.69 Å². The molecule has 5 rings (SSSR count). The van der Waals surface area contributed by atoms with Crippen molar-refractivity contribution in [1.29, 1.82) is 0 Å². The third-order valence-corrected chi connectivity index (χ3v) is 5.30. The number of fused-ring (bicyclic) bond motifs is 3. The van der Waals surface area contributed by atoms with Gasteiger partial charge >= 0.3 is 0 Å². The van der Waals surface area contributed by atoms with Gasteiger partial charge in [-0.3, -0.25) is 9.20 Å². The van der Waals surface area contributed by atoms with Gasteiger partial charge in [-0.25, -0.2) is 4.98 Å². The van der Waals surface area contributed by atoms with Crippen molar-refractivity contribution >= 4 is 39.6 Å². The number of hydrogen-bond donors (Lipinski definition) is 1. The van der Waals surface area contributed by atoms with Crippen molar-refractivity contribution < 1.29 is 9.53 Å². The molecule has 0 saturated heterocycles. The van der Waals surface area contributed by atoms with Crippen LogP contribution < -0.4 is 10.1 Å². The van der Waals surface area contributed by atoms with Crippen molar-refractivity contribution in [2.24, 2.45) is 0 Å². The highest BCUT2D eigenvalue weighted by atomic mass is 32.1. The molecule has 3 aromatic heterocycles. The fraction of sp³-hybridized carbons (Fsp3) is 0.0476. The second kappa shape index (κ2) is 6.99. The molecule has 0 fully saturated rings. The predicted molar refractivity (Wildman–Crippen MR) is 112 cm³/mol. The van der Waals surface area contributed by atoms with Crippen LogP contribution in [0.1, 0.15) is 15.5 Å². The average molecular weight is 401 g/mol. The summed E-state index contributed by atoms with van der Waals surface area (Å²) in [5.41, 5.74) is 2.95. The topological polar surface area (TPSA) is 81.4 Å². The predicted octanol–water partition coefficient (Wildman–Crippen LogP) is 4.69. The quantitative estimate of drug-likeness (QED) is 0.472. The zero-order valence-electron chi connectivity index (χ0n) is 15.4. The van der Waals surface area contributed by atoms with E-state index in [0.717, 1.165) is 16.9 Å². The Labute approximate surface area is 169 Å². The van der Waals surface area contributed by atoms with Crippen LogP contribution in [0.3, 0.4) is 0 Å². The molecule has 5 aromatic rings. The Morgan fingerprint density at radius 1 is 1.03 bits per heavy atom. The van der Waals surface area contributed by atoms with Crippen LogP contribution in [0.2, 0.25) is 0 Å². The number of hydrogen-bond acceptors (Lipinski definition) is 6. The van der Waals surface area contributed by atoms with E-state index in [1.165, 1.54) is 11.3 Å². The molecule has 0 saturated carbocycles. The van der Waals surface area contributed by atoms with Crippen molar-refractivity contribution in [3.05, 3.63) is 76.7 Å². The van der Waals surface area contributed by atoms with Crippen LogP contribution in [-0.4, -0.2) is 25.5 Å². The molecule has 142 valence electrons. The Morgan fingerprint density at radius 2 is 1.86 bits per heavy atom. The molecular formula is C21H15N5O2S. The van der Waals surface area contributed by atoms with Gasteiger partial charge in [0.1, 0.15) is 11.6 Å². The minimum Gasteiger partial charge on any atom is -0.436 e. The maximum atomic E-state index is 12.2. The molecule has 29 heavy (non-hydrogen) atoms. The summed E-state index contributed by atoms with van der Waals surface area (Å²) in [7, 11) is 0.